The number of carbonyl (C=O) groups is 1. The summed E-state index contributed by atoms with van der Waals surface area (Å²) in [5, 5.41) is 2.08. The Labute approximate surface area is 147 Å². The minimum absolute atomic E-state index is 0.629. The maximum Gasteiger partial charge on any atom is 0.439 e. The molecule has 0 saturated heterocycles. The molecule has 0 unspecified atom stereocenters. The molecule has 2 aromatic rings. The van der Waals surface area contributed by atoms with E-state index in [1.165, 1.54) is 5.32 Å². The molecular weight excluding hydrogens is 388 g/mol. The second kappa shape index (κ2) is 7.05. The van der Waals surface area contributed by atoms with Gasteiger partial charge in [-0.15, -0.1) is 0 Å². The summed E-state index contributed by atoms with van der Waals surface area (Å²) >= 11 is 0. The third kappa shape index (κ3) is 4.29. The van der Waals surface area contributed by atoms with E-state index < -0.39 is 46.8 Å². The van der Waals surface area contributed by atoms with Crippen LogP contribution in [-0.4, -0.2) is 23.9 Å². The number of benzene rings is 2. The van der Waals surface area contributed by atoms with Crippen molar-refractivity contribution in [3.63, 3.8) is 0 Å². The third-order valence-corrected chi connectivity index (χ3v) is 3.43. The molecule has 0 atom stereocenters. The minimum Gasteiger partial charge on any atom is -0.348 e. The molecule has 1 amide bonds. The van der Waals surface area contributed by atoms with Gasteiger partial charge in [-0.1, -0.05) is 0 Å². The summed E-state index contributed by atoms with van der Waals surface area (Å²) in [5.74, 6) is -3.48. The fourth-order valence-electron chi connectivity index (χ4n) is 2.07. The predicted octanol–water partition coefficient (Wildman–Crippen LogP) is 4.63. The first kappa shape index (κ1) is 20.5. The zero-order valence-corrected chi connectivity index (χ0v) is 13.1. The summed E-state index contributed by atoms with van der Waals surface area (Å²) in [6, 6.07) is 5.41. The molecular formula is C16H10F8N2O. The van der Waals surface area contributed by atoms with Gasteiger partial charge in [-0.3, -0.25) is 4.79 Å². The van der Waals surface area contributed by atoms with Crippen molar-refractivity contribution in [1.82, 2.24) is 5.32 Å². The molecule has 2 rings (SSSR count). The maximum absolute atomic E-state index is 13.4. The van der Waals surface area contributed by atoms with Gasteiger partial charge in [-0.25, -0.2) is 8.78 Å². The van der Waals surface area contributed by atoms with E-state index >= 15 is 0 Å². The Bertz CT molecular complexity index is 783. The summed E-state index contributed by atoms with van der Waals surface area (Å²) in [5.41, 5.74) is -6.25. The standard InChI is InChI=1S/C16H10F8N2O/c17-10-3-1-9(2-4-10)13(27)26-14(15(19,20)21,16(22,23)24)25-12-7-5-11(18)6-8-12/h1-8,25H,(H,26,27). The Morgan fingerprint density at radius 3 is 1.52 bits per heavy atom. The first-order valence-electron chi connectivity index (χ1n) is 7.11. The molecule has 2 N–H and O–H groups in total. The van der Waals surface area contributed by atoms with E-state index in [0.29, 0.717) is 36.4 Å². The Morgan fingerprint density at radius 2 is 1.11 bits per heavy atom. The Kier molecular flexibility index (Phi) is 5.34. The molecule has 0 aliphatic carbocycles. The first-order valence-corrected chi connectivity index (χ1v) is 7.11. The molecule has 11 heteroatoms. The van der Waals surface area contributed by atoms with Gasteiger partial charge in [0.2, 0.25) is 0 Å². The highest BCUT2D eigenvalue weighted by Crippen LogP contribution is 2.43. The molecule has 0 spiro atoms. The van der Waals surface area contributed by atoms with Crippen molar-refractivity contribution >= 4 is 11.6 Å². The lowest BCUT2D eigenvalue weighted by Gasteiger charge is -2.39. The van der Waals surface area contributed by atoms with Crippen molar-refractivity contribution in [2.45, 2.75) is 18.0 Å². The Balaban J connectivity index is 2.49. The third-order valence-electron chi connectivity index (χ3n) is 3.43. The van der Waals surface area contributed by atoms with Crippen molar-refractivity contribution in [3.05, 3.63) is 65.7 Å². The largest absolute Gasteiger partial charge is 0.439 e. The van der Waals surface area contributed by atoms with E-state index in [0.717, 1.165) is 17.4 Å². The molecule has 3 nitrogen and oxygen atoms in total. The van der Waals surface area contributed by atoms with Crippen LogP contribution in [0.15, 0.2) is 48.5 Å². The number of halogens is 8. The highest BCUT2D eigenvalue weighted by Gasteiger charge is 2.72. The van der Waals surface area contributed by atoms with E-state index in [4.69, 9.17) is 0 Å². The summed E-state index contributed by atoms with van der Waals surface area (Å²) in [7, 11) is 0. The molecule has 2 aromatic carbocycles. The molecule has 0 aliphatic heterocycles. The summed E-state index contributed by atoms with van der Waals surface area (Å²) < 4.78 is 106. The van der Waals surface area contributed by atoms with Crippen molar-refractivity contribution in [3.8, 4) is 0 Å². The van der Waals surface area contributed by atoms with Gasteiger partial charge in [0.1, 0.15) is 11.6 Å². The number of hydrogen-bond acceptors (Lipinski definition) is 2. The van der Waals surface area contributed by atoms with E-state index in [2.05, 4.69) is 0 Å². The number of anilines is 1. The number of carbonyl (C=O) groups excluding carboxylic acids is 1. The number of nitrogens with one attached hydrogen (secondary N) is 2. The molecule has 0 saturated carbocycles. The SMILES string of the molecule is O=C(NC(Nc1ccc(F)cc1)(C(F)(F)F)C(F)(F)F)c1ccc(F)cc1. The number of alkyl halides is 6. The normalized spacial score (nSPS) is 12.6. The fourth-order valence-corrected chi connectivity index (χ4v) is 2.07. The lowest BCUT2D eigenvalue weighted by atomic mass is 10.1. The molecule has 0 aromatic heterocycles. The lowest BCUT2D eigenvalue weighted by Crippen LogP contribution is -2.72. The molecule has 27 heavy (non-hydrogen) atoms. The Morgan fingerprint density at radius 1 is 0.704 bits per heavy atom. The second-order valence-corrected chi connectivity index (χ2v) is 5.34. The van der Waals surface area contributed by atoms with Crippen molar-refractivity contribution < 1.29 is 39.9 Å². The molecule has 0 aliphatic rings. The zero-order chi connectivity index (χ0) is 20.5. The quantitative estimate of drug-likeness (QED) is 0.583. The van der Waals surface area contributed by atoms with Crippen LogP contribution in [0.4, 0.5) is 40.8 Å². The number of hydrogen-bond donors (Lipinski definition) is 2. The van der Waals surface area contributed by atoms with Gasteiger partial charge in [0.25, 0.3) is 5.91 Å². The fraction of sp³-hybridized carbons (Fsp3) is 0.188. The average Bonchev–Trinajstić information content (AvgIpc) is 2.54. The summed E-state index contributed by atoms with van der Waals surface area (Å²) in [6.07, 6.45) is -12.1. The van der Waals surface area contributed by atoms with Gasteiger partial charge in [0.15, 0.2) is 0 Å². The highest BCUT2D eigenvalue weighted by molar-refractivity contribution is 5.95. The number of rotatable bonds is 4. The topological polar surface area (TPSA) is 41.1 Å². The van der Waals surface area contributed by atoms with Crippen LogP contribution in [-0.2, 0) is 0 Å². The van der Waals surface area contributed by atoms with Crippen LogP contribution in [0.5, 0.6) is 0 Å². The molecule has 0 bridgehead atoms. The predicted molar refractivity (Wildman–Crippen MR) is 78.7 cm³/mol. The zero-order valence-electron chi connectivity index (χ0n) is 13.1. The van der Waals surface area contributed by atoms with E-state index in [1.807, 2.05) is 0 Å². The molecule has 146 valence electrons. The monoisotopic (exact) mass is 398 g/mol. The van der Waals surface area contributed by atoms with Gasteiger partial charge >= 0.3 is 18.0 Å². The van der Waals surface area contributed by atoms with Gasteiger partial charge in [0, 0.05) is 11.3 Å². The summed E-state index contributed by atoms with van der Waals surface area (Å²) in [4.78, 5) is 12.0. The van der Waals surface area contributed by atoms with Crippen LogP contribution in [0, 0.1) is 11.6 Å². The Hall–Kier alpha value is -2.85. The van der Waals surface area contributed by atoms with Gasteiger partial charge < -0.3 is 10.6 Å². The first-order chi connectivity index (χ1) is 12.4. The van der Waals surface area contributed by atoms with Crippen LogP contribution in [0.1, 0.15) is 10.4 Å². The van der Waals surface area contributed by atoms with Crippen LogP contribution < -0.4 is 10.6 Å². The second-order valence-electron chi connectivity index (χ2n) is 5.34. The molecule has 0 fully saturated rings. The average molecular weight is 398 g/mol. The van der Waals surface area contributed by atoms with E-state index in [1.54, 1.807) is 0 Å². The van der Waals surface area contributed by atoms with Gasteiger partial charge in [-0.05, 0) is 48.5 Å². The highest BCUT2D eigenvalue weighted by atomic mass is 19.4. The van der Waals surface area contributed by atoms with Crippen molar-refractivity contribution in [1.29, 1.82) is 0 Å². The van der Waals surface area contributed by atoms with Crippen molar-refractivity contribution in [2.75, 3.05) is 5.32 Å². The minimum atomic E-state index is -6.03. The lowest BCUT2D eigenvalue weighted by molar-refractivity contribution is -0.294. The molecule has 0 radical (unpaired) electrons. The van der Waals surface area contributed by atoms with Crippen molar-refractivity contribution in [2.24, 2.45) is 0 Å². The van der Waals surface area contributed by atoms with Crippen LogP contribution in [0.2, 0.25) is 0 Å². The van der Waals surface area contributed by atoms with Gasteiger partial charge in [0.05, 0.1) is 0 Å². The smallest absolute Gasteiger partial charge is 0.348 e. The maximum atomic E-state index is 13.4. The van der Waals surface area contributed by atoms with E-state index in [-0.39, 0.29) is 0 Å². The number of amides is 1. The van der Waals surface area contributed by atoms with Gasteiger partial charge in [-0.2, -0.15) is 26.3 Å². The van der Waals surface area contributed by atoms with E-state index in [9.17, 15) is 39.9 Å². The molecule has 0 heterocycles. The summed E-state index contributed by atoms with van der Waals surface area (Å²) in [6.45, 7) is 0. The van der Waals surface area contributed by atoms with Crippen LogP contribution in [0.3, 0.4) is 0 Å². The van der Waals surface area contributed by atoms with Crippen LogP contribution in [0.25, 0.3) is 0 Å². The van der Waals surface area contributed by atoms with Crippen LogP contribution >= 0.6 is 0 Å².